The highest BCUT2D eigenvalue weighted by Gasteiger charge is 2.12. The van der Waals surface area contributed by atoms with Crippen LogP contribution in [0.3, 0.4) is 0 Å². The number of amides is 1. The summed E-state index contributed by atoms with van der Waals surface area (Å²) in [5.74, 6) is 1.50. The van der Waals surface area contributed by atoms with Gasteiger partial charge < -0.3 is 20.3 Å². The van der Waals surface area contributed by atoms with E-state index in [2.05, 4.69) is 35.6 Å². The molecule has 128 valence electrons. The Balaban J connectivity index is 1.40. The highest BCUT2D eigenvalue weighted by Crippen LogP contribution is 2.14. The van der Waals surface area contributed by atoms with E-state index in [0.29, 0.717) is 26.3 Å². The molecule has 1 aliphatic rings. The second kappa shape index (κ2) is 8.20. The van der Waals surface area contributed by atoms with Gasteiger partial charge in [0.15, 0.2) is 0 Å². The Morgan fingerprint density at radius 2 is 2.08 bits per heavy atom. The van der Waals surface area contributed by atoms with Crippen LogP contribution in [-0.2, 0) is 16.1 Å². The Kier molecular flexibility index (Phi) is 5.51. The van der Waals surface area contributed by atoms with E-state index in [1.54, 1.807) is 0 Å². The minimum atomic E-state index is -0.112. The summed E-state index contributed by atoms with van der Waals surface area (Å²) in [6.07, 6.45) is 4.44. The second-order valence-electron chi connectivity index (χ2n) is 5.23. The van der Waals surface area contributed by atoms with Crippen LogP contribution in [-0.4, -0.2) is 70.0 Å². The standard InChI is InChI=1S/C14H20N8O2/c23-14(8-22-11-15-9-20-22)17-2-1-16-12-7-13(19-10-18-12)21-3-5-24-6-4-21/h7,9-11H,1-6,8H2,(H,17,23)(H,16,18,19). The minimum Gasteiger partial charge on any atom is -0.378 e. The lowest BCUT2D eigenvalue weighted by Crippen LogP contribution is -2.36. The molecule has 0 atom stereocenters. The number of anilines is 2. The Labute approximate surface area is 139 Å². The third-order valence-corrected chi connectivity index (χ3v) is 3.51. The molecule has 3 heterocycles. The fourth-order valence-electron chi connectivity index (χ4n) is 2.32. The van der Waals surface area contributed by atoms with Crippen molar-refractivity contribution in [2.75, 3.05) is 49.6 Å². The minimum absolute atomic E-state index is 0.112. The van der Waals surface area contributed by atoms with E-state index in [-0.39, 0.29) is 12.5 Å². The normalized spacial score (nSPS) is 14.4. The summed E-state index contributed by atoms with van der Waals surface area (Å²) in [4.78, 5) is 26.2. The Morgan fingerprint density at radius 1 is 1.21 bits per heavy atom. The van der Waals surface area contributed by atoms with E-state index >= 15 is 0 Å². The van der Waals surface area contributed by atoms with E-state index in [4.69, 9.17) is 4.74 Å². The van der Waals surface area contributed by atoms with Gasteiger partial charge in [0.2, 0.25) is 5.91 Å². The molecular formula is C14H20N8O2. The quantitative estimate of drug-likeness (QED) is 0.630. The van der Waals surface area contributed by atoms with Crippen LogP contribution >= 0.6 is 0 Å². The molecular weight excluding hydrogens is 312 g/mol. The summed E-state index contributed by atoms with van der Waals surface area (Å²) >= 11 is 0. The number of nitrogens with one attached hydrogen (secondary N) is 2. The molecule has 10 nitrogen and oxygen atoms in total. The number of hydrogen-bond donors (Lipinski definition) is 2. The van der Waals surface area contributed by atoms with Crippen molar-refractivity contribution in [3.63, 3.8) is 0 Å². The molecule has 1 fully saturated rings. The summed E-state index contributed by atoms with van der Waals surface area (Å²) in [5, 5.41) is 9.87. The molecule has 3 rings (SSSR count). The summed E-state index contributed by atoms with van der Waals surface area (Å²) in [6.45, 7) is 4.31. The monoisotopic (exact) mass is 332 g/mol. The second-order valence-corrected chi connectivity index (χ2v) is 5.23. The first-order valence-electron chi connectivity index (χ1n) is 7.79. The number of aromatic nitrogens is 5. The highest BCUT2D eigenvalue weighted by molar-refractivity contribution is 5.75. The Morgan fingerprint density at radius 3 is 2.88 bits per heavy atom. The van der Waals surface area contributed by atoms with Gasteiger partial charge in [-0.25, -0.2) is 19.6 Å². The van der Waals surface area contributed by atoms with E-state index in [9.17, 15) is 4.79 Å². The smallest absolute Gasteiger partial charge is 0.241 e. The fraction of sp³-hybridized carbons (Fsp3) is 0.500. The number of carbonyl (C=O) groups excluding carboxylic acids is 1. The summed E-state index contributed by atoms with van der Waals surface area (Å²) < 4.78 is 6.81. The van der Waals surface area contributed by atoms with Crippen LogP contribution in [0.5, 0.6) is 0 Å². The molecule has 0 radical (unpaired) electrons. The molecule has 1 saturated heterocycles. The van der Waals surface area contributed by atoms with Gasteiger partial charge >= 0.3 is 0 Å². The Bertz CT molecular complexity index is 642. The number of hydrogen-bond acceptors (Lipinski definition) is 8. The van der Waals surface area contributed by atoms with Crippen molar-refractivity contribution in [1.82, 2.24) is 30.0 Å². The molecule has 24 heavy (non-hydrogen) atoms. The van der Waals surface area contributed by atoms with Crippen molar-refractivity contribution in [3.05, 3.63) is 25.0 Å². The van der Waals surface area contributed by atoms with Gasteiger partial charge in [-0.15, -0.1) is 0 Å². The molecule has 2 aromatic heterocycles. The lowest BCUT2D eigenvalue weighted by Gasteiger charge is -2.27. The number of ether oxygens (including phenoxy) is 1. The first kappa shape index (κ1) is 16.1. The van der Waals surface area contributed by atoms with Crippen LogP contribution in [0.25, 0.3) is 0 Å². The Hall–Kier alpha value is -2.75. The lowest BCUT2D eigenvalue weighted by molar-refractivity contribution is -0.121. The predicted molar refractivity (Wildman–Crippen MR) is 86.6 cm³/mol. The molecule has 1 aliphatic heterocycles. The molecule has 0 spiro atoms. The van der Waals surface area contributed by atoms with Gasteiger partial charge in [0, 0.05) is 32.2 Å². The zero-order valence-corrected chi connectivity index (χ0v) is 13.3. The third kappa shape index (κ3) is 4.62. The van der Waals surface area contributed by atoms with Gasteiger partial charge in [-0.2, -0.15) is 5.10 Å². The average Bonchev–Trinajstić information content (AvgIpc) is 3.13. The van der Waals surface area contributed by atoms with E-state index < -0.39 is 0 Å². The van der Waals surface area contributed by atoms with Crippen molar-refractivity contribution in [1.29, 1.82) is 0 Å². The van der Waals surface area contributed by atoms with Gasteiger partial charge in [0.05, 0.1) is 13.2 Å². The molecule has 0 aliphatic carbocycles. The summed E-state index contributed by atoms with van der Waals surface area (Å²) in [5.41, 5.74) is 0. The molecule has 1 amide bonds. The topological polar surface area (TPSA) is 110 Å². The number of carbonyl (C=O) groups is 1. The predicted octanol–water partition coefficient (Wildman–Crippen LogP) is -0.867. The summed E-state index contributed by atoms with van der Waals surface area (Å²) in [6, 6.07) is 1.91. The van der Waals surface area contributed by atoms with Gasteiger partial charge in [-0.1, -0.05) is 0 Å². The van der Waals surface area contributed by atoms with E-state index in [0.717, 1.165) is 24.7 Å². The molecule has 0 aromatic carbocycles. The van der Waals surface area contributed by atoms with Crippen LogP contribution < -0.4 is 15.5 Å². The van der Waals surface area contributed by atoms with Gasteiger partial charge in [0.1, 0.15) is 37.2 Å². The van der Waals surface area contributed by atoms with Crippen LogP contribution in [0.15, 0.2) is 25.0 Å². The fourth-order valence-corrected chi connectivity index (χ4v) is 2.32. The van der Waals surface area contributed by atoms with Crippen molar-refractivity contribution in [2.45, 2.75) is 6.54 Å². The molecule has 2 aromatic rings. The maximum absolute atomic E-state index is 11.7. The molecule has 10 heteroatoms. The maximum atomic E-state index is 11.7. The molecule has 2 N–H and O–H groups in total. The van der Waals surface area contributed by atoms with Gasteiger partial charge in [-0.05, 0) is 0 Å². The van der Waals surface area contributed by atoms with Crippen molar-refractivity contribution < 1.29 is 9.53 Å². The van der Waals surface area contributed by atoms with Crippen LogP contribution in [0.4, 0.5) is 11.6 Å². The first-order valence-corrected chi connectivity index (χ1v) is 7.79. The molecule has 0 unspecified atom stereocenters. The SMILES string of the molecule is O=C(Cn1cncn1)NCCNc1cc(N2CCOCC2)ncn1. The lowest BCUT2D eigenvalue weighted by atomic mass is 10.4. The molecule has 0 saturated carbocycles. The largest absolute Gasteiger partial charge is 0.378 e. The zero-order chi connectivity index (χ0) is 16.6. The van der Waals surface area contributed by atoms with Crippen LogP contribution in [0, 0.1) is 0 Å². The van der Waals surface area contributed by atoms with E-state index in [1.807, 2.05) is 6.07 Å². The van der Waals surface area contributed by atoms with Gasteiger partial charge in [0.25, 0.3) is 0 Å². The number of morpholine rings is 1. The third-order valence-electron chi connectivity index (χ3n) is 3.51. The number of nitrogens with zero attached hydrogens (tertiary/aromatic N) is 6. The van der Waals surface area contributed by atoms with E-state index in [1.165, 1.54) is 23.7 Å². The first-order chi connectivity index (χ1) is 11.8. The van der Waals surface area contributed by atoms with Crippen molar-refractivity contribution >= 4 is 17.5 Å². The van der Waals surface area contributed by atoms with Crippen molar-refractivity contribution in [2.24, 2.45) is 0 Å². The zero-order valence-electron chi connectivity index (χ0n) is 13.3. The molecule has 0 bridgehead atoms. The van der Waals surface area contributed by atoms with Crippen LogP contribution in [0.1, 0.15) is 0 Å². The van der Waals surface area contributed by atoms with Gasteiger partial charge in [-0.3, -0.25) is 4.79 Å². The highest BCUT2D eigenvalue weighted by atomic mass is 16.5. The van der Waals surface area contributed by atoms with Crippen molar-refractivity contribution in [3.8, 4) is 0 Å². The summed E-state index contributed by atoms with van der Waals surface area (Å²) in [7, 11) is 0. The average molecular weight is 332 g/mol. The number of rotatable bonds is 7. The van der Waals surface area contributed by atoms with Crippen LogP contribution in [0.2, 0.25) is 0 Å². The maximum Gasteiger partial charge on any atom is 0.241 e.